The van der Waals surface area contributed by atoms with Crippen LogP contribution in [0.1, 0.15) is 36.2 Å². The van der Waals surface area contributed by atoms with Crippen molar-refractivity contribution in [2.75, 3.05) is 19.6 Å². The number of carbonyl (C=O) groups excluding carboxylic acids is 1. The molecule has 0 aromatic heterocycles. The van der Waals surface area contributed by atoms with Gasteiger partial charge in [0, 0.05) is 6.54 Å². The summed E-state index contributed by atoms with van der Waals surface area (Å²) in [5, 5.41) is 32.5. The van der Waals surface area contributed by atoms with E-state index in [9.17, 15) is 24.7 Å². The third kappa shape index (κ3) is 3.92. The summed E-state index contributed by atoms with van der Waals surface area (Å²) in [5.74, 6) is -1.19. The highest BCUT2D eigenvalue weighted by Gasteiger charge is 2.41. The van der Waals surface area contributed by atoms with Crippen LogP contribution in [0.5, 0.6) is 11.5 Å². The minimum atomic E-state index is -3.08. The van der Waals surface area contributed by atoms with E-state index < -0.39 is 12.7 Å². The van der Waals surface area contributed by atoms with Gasteiger partial charge in [-0.2, -0.15) is 0 Å². The molecule has 0 bridgehead atoms. The number of ether oxygens (including phenoxy) is 1. The van der Waals surface area contributed by atoms with Crippen LogP contribution in [0.4, 0.5) is 0 Å². The van der Waals surface area contributed by atoms with E-state index >= 15 is 0 Å². The molecule has 1 amide bonds. The first kappa shape index (κ1) is 20.0. The van der Waals surface area contributed by atoms with Crippen molar-refractivity contribution in [1.82, 2.24) is 10.2 Å². The standard InChI is InChI=1S/C19H26BN2O7/c1-19(2)7-13(21-10-19)17(23)22-8-12(9-22)28-14-4-3-11-5-6-20(26,27)29-16(11)15(14)18(24)25/h3-4,12-13,21,26-27H,5-10H2,1-2H3,(H,24,25)/q-1/t13-/m0/s1. The average Bonchev–Trinajstić information content (AvgIpc) is 2.95. The number of hydrogen-bond acceptors (Lipinski definition) is 7. The first-order valence-electron chi connectivity index (χ1n) is 9.92. The molecular formula is C19H26BN2O7-. The van der Waals surface area contributed by atoms with E-state index in [0.29, 0.717) is 25.1 Å². The molecule has 2 fully saturated rings. The number of nitrogens with zero attached hydrogens (tertiary/aromatic N) is 1. The number of benzene rings is 1. The fourth-order valence-corrected chi connectivity index (χ4v) is 4.19. The van der Waals surface area contributed by atoms with Crippen LogP contribution in [0.3, 0.4) is 0 Å². The Morgan fingerprint density at radius 1 is 1.31 bits per heavy atom. The largest absolute Gasteiger partial charge is 0.669 e. The first-order valence-corrected chi connectivity index (χ1v) is 9.92. The number of carboxylic acid groups (broad SMARTS) is 1. The van der Waals surface area contributed by atoms with Gasteiger partial charge in [-0.15, -0.1) is 0 Å². The number of hydrogen-bond donors (Lipinski definition) is 4. The van der Waals surface area contributed by atoms with Crippen molar-refractivity contribution < 1.29 is 34.1 Å². The summed E-state index contributed by atoms with van der Waals surface area (Å²) in [7, 11) is 0. The van der Waals surface area contributed by atoms with Gasteiger partial charge in [0.25, 0.3) is 0 Å². The zero-order chi connectivity index (χ0) is 21.0. The van der Waals surface area contributed by atoms with Crippen molar-refractivity contribution in [1.29, 1.82) is 0 Å². The van der Waals surface area contributed by atoms with Gasteiger partial charge in [-0.3, -0.25) is 4.79 Å². The molecule has 158 valence electrons. The van der Waals surface area contributed by atoms with E-state index in [0.717, 1.165) is 13.0 Å². The number of carbonyl (C=O) groups is 2. The van der Waals surface area contributed by atoms with Crippen LogP contribution in [-0.2, 0) is 11.2 Å². The van der Waals surface area contributed by atoms with E-state index in [4.69, 9.17) is 9.39 Å². The van der Waals surface area contributed by atoms with Crippen LogP contribution in [0.15, 0.2) is 12.1 Å². The minimum Gasteiger partial charge on any atom is -0.669 e. The Labute approximate surface area is 168 Å². The lowest BCUT2D eigenvalue weighted by Gasteiger charge is -2.41. The van der Waals surface area contributed by atoms with Gasteiger partial charge in [-0.1, -0.05) is 26.2 Å². The second-order valence-electron chi connectivity index (χ2n) is 9.03. The number of carboxylic acids is 1. The summed E-state index contributed by atoms with van der Waals surface area (Å²) in [4.78, 5) is 26.1. The second kappa shape index (κ2) is 6.89. The molecule has 1 atom stereocenters. The average molecular weight is 405 g/mol. The van der Waals surface area contributed by atoms with Gasteiger partial charge in [0.1, 0.15) is 17.4 Å². The van der Waals surface area contributed by atoms with Gasteiger partial charge >= 0.3 is 12.7 Å². The fourth-order valence-electron chi connectivity index (χ4n) is 4.19. The molecule has 4 N–H and O–H groups in total. The molecule has 2 saturated heterocycles. The molecule has 3 aliphatic rings. The molecular weight excluding hydrogens is 379 g/mol. The molecule has 4 rings (SSSR count). The molecule has 0 radical (unpaired) electrons. The topological polar surface area (TPSA) is 129 Å². The molecule has 29 heavy (non-hydrogen) atoms. The quantitative estimate of drug-likeness (QED) is 0.524. The summed E-state index contributed by atoms with van der Waals surface area (Å²) in [6, 6.07) is 3.04. The smallest absolute Gasteiger partial charge is 0.430 e. The Bertz CT molecular complexity index is 851. The highest BCUT2D eigenvalue weighted by Crippen LogP contribution is 2.39. The number of aryl methyl sites for hydroxylation is 1. The van der Waals surface area contributed by atoms with Crippen molar-refractivity contribution in [3.8, 4) is 11.5 Å². The van der Waals surface area contributed by atoms with Gasteiger partial charge in [0.05, 0.1) is 24.9 Å². The van der Waals surface area contributed by atoms with Gasteiger partial charge < -0.3 is 34.8 Å². The third-order valence-electron chi connectivity index (χ3n) is 5.85. The molecule has 9 nitrogen and oxygen atoms in total. The summed E-state index contributed by atoms with van der Waals surface area (Å²) in [5.41, 5.74) is 0.465. The molecule has 3 heterocycles. The van der Waals surface area contributed by atoms with Crippen LogP contribution in [-0.4, -0.2) is 70.5 Å². The zero-order valence-electron chi connectivity index (χ0n) is 16.6. The van der Waals surface area contributed by atoms with Gasteiger partial charge in [0.2, 0.25) is 5.91 Å². The second-order valence-corrected chi connectivity index (χ2v) is 9.03. The number of fused-ring (bicyclic) bond motifs is 1. The number of amides is 1. The Kier molecular flexibility index (Phi) is 4.75. The van der Waals surface area contributed by atoms with Crippen LogP contribution >= 0.6 is 0 Å². The van der Waals surface area contributed by atoms with Crippen LogP contribution in [0.25, 0.3) is 0 Å². The molecule has 3 aliphatic heterocycles. The monoisotopic (exact) mass is 405 g/mol. The maximum Gasteiger partial charge on any atom is 0.430 e. The molecule has 0 aliphatic carbocycles. The van der Waals surface area contributed by atoms with E-state index in [1.807, 2.05) is 0 Å². The lowest BCUT2D eigenvalue weighted by atomic mass is 9.70. The van der Waals surface area contributed by atoms with Gasteiger partial charge in [-0.25, -0.2) is 4.79 Å². The normalized spacial score (nSPS) is 25.0. The highest BCUT2D eigenvalue weighted by atomic mass is 16.6. The molecule has 0 saturated carbocycles. The Hall–Kier alpha value is -2.30. The Morgan fingerprint density at radius 3 is 2.66 bits per heavy atom. The van der Waals surface area contributed by atoms with Crippen LogP contribution in [0, 0.1) is 5.41 Å². The van der Waals surface area contributed by atoms with Crippen molar-refractivity contribution in [2.45, 2.75) is 45.2 Å². The molecule has 0 spiro atoms. The van der Waals surface area contributed by atoms with E-state index in [2.05, 4.69) is 19.2 Å². The predicted octanol–water partition coefficient (Wildman–Crippen LogP) is 0.221. The molecule has 0 unspecified atom stereocenters. The Morgan fingerprint density at radius 2 is 2.03 bits per heavy atom. The summed E-state index contributed by atoms with van der Waals surface area (Å²) < 4.78 is 11.0. The zero-order valence-corrected chi connectivity index (χ0v) is 16.6. The van der Waals surface area contributed by atoms with Crippen LogP contribution < -0.4 is 14.7 Å². The summed E-state index contributed by atoms with van der Waals surface area (Å²) in [6.07, 6.45) is 0.772. The maximum atomic E-state index is 12.6. The highest BCUT2D eigenvalue weighted by molar-refractivity contribution is 6.59. The molecule has 1 aromatic rings. The lowest BCUT2D eigenvalue weighted by Crippen LogP contribution is -2.59. The molecule has 10 heteroatoms. The number of likely N-dealkylation sites (tertiary alicyclic amines) is 1. The van der Waals surface area contributed by atoms with Gasteiger partial charge in [-0.05, 0) is 29.9 Å². The number of nitrogens with one attached hydrogen (secondary N) is 1. The van der Waals surface area contributed by atoms with Crippen molar-refractivity contribution in [2.24, 2.45) is 5.41 Å². The predicted molar refractivity (Wildman–Crippen MR) is 104 cm³/mol. The lowest BCUT2D eigenvalue weighted by molar-refractivity contribution is -0.142. The SMILES string of the molecule is CC1(C)CN[C@H](C(=O)N2CC(Oc3ccc4c(c3C(=O)O)O[B-](O)(O)CC4)C2)C1. The van der Waals surface area contributed by atoms with Crippen molar-refractivity contribution >= 4 is 18.6 Å². The fraction of sp³-hybridized carbons (Fsp3) is 0.579. The first-order chi connectivity index (χ1) is 13.5. The van der Waals surface area contributed by atoms with Crippen molar-refractivity contribution in [3.05, 3.63) is 23.3 Å². The van der Waals surface area contributed by atoms with Gasteiger partial charge in [0.15, 0.2) is 0 Å². The van der Waals surface area contributed by atoms with E-state index in [-0.39, 0.29) is 46.9 Å². The summed E-state index contributed by atoms with van der Waals surface area (Å²) in [6.45, 7) is 2.71. The number of aromatic carboxylic acids is 1. The Balaban J connectivity index is 1.44. The van der Waals surface area contributed by atoms with Crippen molar-refractivity contribution in [3.63, 3.8) is 0 Å². The third-order valence-corrected chi connectivity index (χ3v) is 5.85. The van der Waals surface area contributed by atoms with E-state index in [1.165, 1.54) is 0 Å². The number of rotatable bonds is 4. The minimum absolute atomic E-state index is 0.0119. The molecule has 1 aromatic carbocycles. The maximum absolute atomic E-state index is 12.6. The van der Waals surface area contributed by atoms with E-state index in [1.54, 1.807) is 17.0 Å². The van der Waals surface area contributed by atoms with Crippen LogP contribution in [0.2, 0.25) is 6.32 Å². The summed E-state index contributed by atoms with van der Waals surface area (Å²) >= 11 is 0.